The van der Waals surface area contributed by atoms with Crippen molar-refractivity contribution in [3.05, 3.63) is 35.9 Å². The molecule has 0 aromatic heterocycles. The maximum atomic E-state index is 14.9. The third kappa shape index (κ3) is 10.1. The lowest BCUT2D eigenvalue weighted by Crippen LogP contribution is -2.74. The summed E-state index contributed by atoms with van der Waals surface area (Å²) in [5.41, 5.74) is 7.28. The summed E-state index contributed by atoms with van der Waals surface area (Å²) in [5.74, 6) is -1.78. The van der Waals surface area contributed by atoms with Gasteiger partial charge in [-0.05, 0) is 51.3 Å². The maximum absolute atomic E-state index is 14.9. The molecule has 50 heavy (non-hydrogen) atoms. The van der Waals surface area contributed by atoms with Gasteiger partial charge < -0.3 is 25.4 Å². The zero-order valence-electron chi connectivity index (χ0n) is 33.0. The molecule has 1 aromatic rings. The van der Waals surface area contributed by atoms with Crippen molar-refractivity contribution >= 4 is 23.6 Å². The lowest BCUT2D eigenvalue weighted by atomic mass is 9.83. The van der Waals surface area contributed by atoms with Crippen LogP contribution in [0.4, 0.5) is 0 Å². The number of carbonyl (C=O) groups is 4. The van der Waals surface area contributed by atoms with Crippen LogP contribution in [0.15, 0.2) is 30.3 Å². The second-order valence-electron chi connectivity index (χ2n) is 15.4. The molecule has 1 aliphatic heterocycles. The Kier molecular flexibility index (Phi) is 17.0. The number of amides is 4. The van der Waals surface area contributed by atoms with Gasteiger partial charge in [0, 0.05) is 39.1 Å². The van der Waals surface area contributed by atoms with Crippen molar-refractivity contribution in [1.29, 1.82) is 0 Å². The Balaban J connectivity index is 2.44. The predicted molar refractivity (Wildman–Crippen MR) is 198 cm³/mol. The fraction of sp³-hybridized carbons (Fsp3) is 0.744. The summed E-state index contributed by atoms with van der Waals surface area (Å²) in [5, 5.41) is 3.05. The number of likely N-dealkylation sites (N-methyl/N-ethyl adjacent to an activating group) is 2. The quantitative estimate of drug-likeness (QED) is 0.197. The van der Waals surface area contributed by atoms with Gasteiger partial charge in [-0.15, -0.1) is 0 Å². The van der Waals surface area contributed by atoms with Crippen LogP contribution in [-0.4, -0.2) is 123 Å². The van der Waals surface area contributed by atoms with Crippen molar-refractivity contribution in [1.82, 2.24) is 15.1 Å². The van der Waals surface area contributed by atoms with Crippen molar-refractivity contribution in [2.45, 2.75) is 117 Å². The first-order valence-electron chi connectivity index (χ1n) is 18.5. The number of likely N-dealkylation sites (tertiary alicyclic amines) is 1. The minimum Gasteiger partial charge on any atom is -0.378 e. The highest BCUT2D eigenvalue weighted by molar-refractivity contribution is 5.84. The van der Waals surface area contributed by atoms with Crippen molar-refractivity contribution in [2.24, 2.45) is 29.4 Å². The Bertz CT molecular complexity index is 1230. The van der Waals surface area contributed by atoms with E-state index < -0.39 is 42.2 Å². The Labute approximate surface area is 302 Å². The van der Waals surface area contributed by atoms with Crippen LogP contribution in [-0.2, 0) is 35.1 Å². The molecule has 0 spiro atoms. The molecule has 0 aliphatic carbocycles. The van der Waals surface area contributed by atoms with Crippen LogP contribution in [0, 0.1) is 23.7 Å². The van der Waals surface area contributed by atoms with Crippen LogP contribution in [0.1, 0.15) is 79.7 Å². The molecule has 1 aliphatic rings. The Hall–Kier alpha value is -2.86. The van der Waals surface area contributed by atoms with E-state index in [4.69, 9.17) is 15.2 Å². The Morgan fingerprint density at radius 3 is 2.10 bits per heavy atom. The van der Waals surface area contributed by atoms with Gasteiger partial charge in [0.1, 0.15) is 18.2 Å². The van der Waals surface area contributed by atoms with Crippen molar-refractivity contribution < 1.29 is 33.1 Å². The molecule has 11 nitrogen and oxygen atoms in total. The van der Waals surface area contributed by atoms with Gasteiger partial charge in [-0.3, -0.25) is 19.3 Å². The van der Waals surface area contributed by atoms with Gasteiger partial charge in [0.15, 0.2) is 6.04 Å². The number of ether oxygens (including phenoxy) is 2. The summed E-state index contributed by atoms with van der Waals surface area (Å²) < 4.78 is 11.9. The lowest BCUT2D eigenvalue weighted by molar-refractivity contribution is -0.888. The molecular formula is C39H68N5O6+. The summed E-state index contributed by atoms with van der Waals surface area (Å²) in [6.45, 7) is 14.8. The Morgan fingerprint density at radius 2 is 1.62 bits per heavy atom. The molecule has 2 rings (SSSR count). The number of carbonyl (C=O) groups excluding carboxylic acids is 4. The standard InChI is InChI=1S/C39H67N5O6/c1-13-27(6)35(44(10,34(26(4)5)37(40)46)39(48)33(25(2)3)42(8)9)31(49-11)24-32(45)43-23-17-20-30(43)36(50-12)28(7)38(47)41-22-21-29-18-15-14-16-19-29/h14-16,18-19,25-28,30-31,33-36H,13,17,20-24H2,1-12H3,(H2-,40,41,46,47)/p+1/t27-,28+,30-,31+,33-,34-,35-,36+,44?/m0/s1. The molecule has 4 amide bonds. The van der Waals surface area contributed by atoms with E-state index in [0.717, 1.165) is 18.4 Å². The van der Waals surface area contributed by atoms with Crippen molar-refractivity contribution in [3.63, 3.8) is 0 Å². The number of benzene rings is 1. The Morgan fingerprint density at radius 1 is 1.00 bits per heavy atom. The zero-order valence-corrected chi connectivity index (χ0v) is 33.0. The molecule has 1 aromatic carbocycles. The number of rotatable bonds is 20. The average molecular weight is 703 g/mol. The highest BCUT2D eigenvalue weighted by Gasteiger charge is 2.58. The van der Waals surface area contributed by atoms with E-state index in [1.807, 2.05) is 103 Å². The van der Waals surface area contributed by atoms with Crippen LogP contribution in [0.25, 0.3) is 0 Å². The zero-order chi connectivity index (χ0) is 37.9. The fourth-order valence-corrected chi connectivity index (χ4v) is 8.61. The van der Waals surface area contributed by atoms with Gasteiger partial charge in [0.05, 0.1) is 31.5 Å². The van der Waals surface area contributed by atoms with Gasteiger partial charge >= 0.3 is 5.91 Å². The average Bonchev–Trinajstić information content (AvgIpc) is 3.53. The van der Waals surface area contributed by atoms with Crippen LogP contribution >= 0.6 is 0 Å². The third-order valence-corrected chi connectivity index (χ3v) is 11.1. The summed E-state index contributed by atoms with van der Waals surface area (Å²) in [6.07, 6.45) is 1.73. The molecule has 3 N–H and O–H groups in total. The number of hydrogen-bond donors (Lipinski definition) is 2. The van der Waals surface area contributed by atoms with E-state index in [0.29, 0.717) is 25.9 Å². The summed E-state index contributed by atoms with van der Waals surface area (Å²) >= 11 is 0. The first kappa shape index (κ1) is 43.3. The topological polar surface area (TPSA) is 131 Å². The van der Waals surface area contributed by atoms with Crippen LogP contribution in [0.3, 0.4) is 0 Å². The minimum absolute atomic E-state index is 0.00903. The molecule has 9 atom stereocenters. The smallest absolute Gasteiger partial charge is 0.331 e. The molecular weight excluding hydrogens is 634 g/mol. The first-order valence-corrected chi connectivity index (χ1v) is 18.5. The molecule has 1 fully saturated rings. The highest BCUT2D eigenvalue weighted by atomic mass is 16.5. The molecule has 0 radical (unpaired) electrons. The number of nitrogens with two attached hydrogens (primary N) is 1. The number of hydrogen-bond acceptors (Lipinski definition) is 7. The van der Waals surface area contributed by atoms with E-state index in [9.17, 15) is 19.2 Å². The lowest BCUT2D eigenvalue weighted by Gasteiger charge is -2.51. The summed E-state index contributed by atoms with van der Waals surface area (Å²) in [7, 11) is 8.74. The van der Waals surface area contributed by atoms with Crippen LogP contribution in [0.5, 0.6) is 0 Å². The predicted octanol–water partition coefficient (Wildman–Crippen LogP) is 3.88. The number of nitrogens with zero attached hydrogens (tertiary/aromatic N) is 3. The van der Waals surface area contributed by atoms with Crippen molar-refractivity contribution in [2.75, 3.05) is 48.5 Å². The molecule has 1 heterocycles. The summed E-state index contributed by atoms with van der Waals surface area (Å²) in [4.78, 5) is 59.6. The van der Waals surface area contributed by atoms with E-state index >= 15 is 0 Å². The molecule has 1 unspecified atom stereocenters. The fourth-order valence-electron chi connectivity index (χ4n) is 8.61. The number of quaternary nitrogens is 1. The first-order chi connectivity index (χ1) is 23.5. The van der Waals surface area contributed by atoms with E-state index in [1.165, 1.54) is 0 Å². The molecule has 0 bridgehead atoms. The molecule has 284 valence electrons. The second-order valence-corrected chi connectivity index (χ2v) is 15.4. The molecule has 11 heteroatoms. The number of methoxy groups -OCH3 is 2. The van der Waals surface area contributed by atoms with Gasteiger partial charge in [-0.25, -0.2) is 9.28 Å². The largest absolute Gasteiger partial charge is 0.378 e. The van der Waals surface area contributed by atoms with Gasteiger partial charge in [-0.2, -0.15) is 0 Å². The minimum atomic E-state index is -0.839. The second kappa shape index (κ2) is 19.7. The van der Waals surface area contributed by atoms with Gasteiger partial charge in [-0.1, -0.05) is 78.8 Å². The van der Waals surface area contributed by atoms with Crippen LogP contribution in [0.2, 0.25) is 0 Å². The van der Waals surface area contributed by atoms with Crippen molar-refractivity contribution in [3.8, 4) is 0 Å². The summed E-state index contributed by atoms with van der Waals surface area (Å²) in [6, 6.07) is 7.83. The maximum Gasteiger partial charge on any atom is 0.331 e. The molecule has 1 saturated heterocycles. The monoisotopic (exact) mass is 703 g/mol. The van der Waals surface area contributed by atoms with Gasteiger partial charge in [0.25, 0.3) is 5.91 Å². The SMILES string of the molecule is CC[C@H](C)[C@@H]([C@@H](CC(=O)N1CCC[C@H]1[C@H](OC)[C@@H](C)C(=O)NCCc1ccccc1)OC)[N+](C)(C(=O)[C@H](C(C)C)N(C)C)[C@H](C(N)=O)C(C)C. The van der Waals surface area contributed by atoms with E-state index in [2.05, 4.69) is 12.2 Å². The number of primary amides is 1. The van der Waals surface area contributed by atoms with E-state index in [1.54, 1.807) is 14.2 Å². The van der Waals surface area contributed by atoms with E-state index in [-0.39, 0.29) is 52.4 Å². The van der Waals surface area contributed by atoms with Gasteiger partial charge in [0.2, 0.25) is 11.8 Å². The molecule has 0 saturated carbocycles. The van der Waals surface area contributed by atoms with Crippen LogP contribution < -0.4 is 11.1 Å². The normalized spacial score (nSPS) is 20.5. The highest BCUT2D eigenvalue weighted by Crippen LogP contribution is 2.36. The number of nitrogens with one attached hydrogen (secondary N) is 1. The third-order valence-electron chi connectivity index (χ3n) is 11.1.